The van der Waals surface area contributed by atoms with Gasteiger partial charge in [0.05, 0.1) is 11.6 Å². The number of hydrogen-bond donors (Lipinski definition) is 2. The highest BCUT2D eigenvalue weighted by Crippen LogP contribution is 2.22. The summed E-state index contributed by atoms with van der Waals surface area (Å²) in [4.78, 5) is 12.1. The molecular weight excluding hydrogens is 370 g/mol. The highest BCUT2D eigenvalue weighted by atomic mass is 79.9. The molecule has 0 radical (unpaired) electrons. The molecule has 0 bridgehead atoms. The second-order valence-electron chi connectivity index (χ2n) is 4.80. The molecule has 4 nitrogen and oxygen atoms in total. The van der Waals surface area contributed by atoms with Crippen LogP contribution in [0.25, 0.3) is 0 Å². The molecule has 0 saturated heterocycles. The summed E-state index contributed by atoms with van der Waals surface area (Å²) in [5.41, 5.74) is 0.215. The van der Waals surface area contributed by atoms with Crippen molar-refractivity contribution in [3.05, 3.63) is 57.5 Å². The molecule has 0 heterocycles. The molecule has 2 aromatic rings. The van der Waals surface area contributed by atoms with Crippen molar-refractivity contribution < 1.29 is 14.6 Å². The molecule has 0 aliphatic carbocycles. The highest BCUT2D eigenvalue weighted by molar-refractivity contribution is 9.10. The number of rotatable bonds is 5. The molecule has 0 spiro atoms. The zero-order chi connectivity index (χ0) is 16.1. The van der Waals surface area contributed by atoms with E-state index in [0.717, 1.165) is 4.47 Å². The van der Waals surface area contributed by atoms with E-state index in [-0.39, 0.29) is 23.3 Å². The third-order valence-electron chi connectivity index (χ3n) is 2.89. The van der Waals surface area contributed by atoms with Gasteiger partial charge in [-0.2, -0.15) is 0 Å². The van der Waals surface area contributed by atoms with Gasteiger partial charge < -0.3 is 15.2 Å². The van der Waals surface area contributed by atoms with E-state index in [2.05, 4.69) is 21.2 Å². The lowest BCUT2D eigenvalue weighted by atomic mass is 10.2. The van der Waals surface area contributed by atoms with Gasteiger partial charge in [0.25, 0.3) is 5.91 Å². The average Bonchev–Trinajstić information content (AvgIpc) is 2.49. The van der Waals surface area contributed by atoms with E-state index in [1.807, 2.05) is 6.92 Å². The first-order valence-corrected chi connectivity index (χ1v) is 7.80. The van der Waals surface area contributed by atoms with Gasteiger partial charge in [0.15, 0.2) is 0 Å². The summed E-state index contributed by atoms with van der Waals surface area (Å²) in [7, 11) is 0. The Bertz CT molecular complexity index is 661. The number of hydrogen-bond acceptors (Lipinski definition) is 3. The molecule has 0 fully saturated rings. The van der Waals surface area contributed by atoms with Crippen LogP contribution in [0.2, 0.25) is 5.02 Å². The fourth-order valence-corrected chi connectivity index (χ4v) is 2.27. The monoisotopic (exact) mass is 383 g/mol. The number of aromatic hydroxyl groups is 1. The number of nitrogens with one attached hydrogen (secondary N) is 1. The Hall–Kier alpha value is -1.72. The maximum atomic E-state index is 12.1. The Morgan fingerprint density at radius 2 is 2.00 bits per heavy atom. The molecule has 2 aromatic carbocycles. The van der Waals surface area contributed by atoms with Crippen LogP contribution < -0.4 is 10.1 Å². The van der Waals surface area contributed by atoms with Crippen LogP contribution in [-0.4, -0.2) is 23.7 Å². The summed E-state index contributed by atoms with van der Waals surface area (Å²) in [6.07, 6.45) is 0. The number of ether oxygens (including phenoxy) is 1. The van der Waals surface area contributed by atoms with Crippen LogP contribution in [0.3, 0.4) is 0 Å². The quantitative estimate of drug-likeness (QED) is 0.819. The summed E-state index contributed by atoms with van der Waals surface area (Å²) in [5.74, 6) is 0.258. The van der Waals surface area contributed by atoms with Gasteiger partial charge in [0.2, 0.25) is 0 Å². The molecule has 0 saturated carbocycles. The SMILES string of the molecule is C[C@@H](COc1ccc(Cl)cc1)NC(=O)c1cc(Br)ccc1O. The number of phenols is 1. The number of phenolic OH excluding ortho intramolecular Hbond substituents is 1. The van der Waals surface area contributed by atoms with Gasteiger partial charge in [0, 0.05) is 9.50 Å². The number of halogens is 2. The van der Waals surface area contributed by atoms with E-state index in [1.54, 1.807) is 36.4 Å². The number of benzene rings is 2. The van der Waals surface area contributed by atoms with Crippen LogP contribution in [0.15, 0.2) is 46.9 Å². The topological polar surface area (TPSA) is 58.6 Å². The van der Waals surface area contributed by atoms with Crippen LogP contribution in [-0.2, 0) is 0 Å². The van der Waals surface area contributed by atoms with Crippen LogP contribution >= 0.6 is 27.5 Å². The van der Waals surface area contributed by atoms with E-state index in [4.69, 9.17) is 16.3 Å². The van der Waals surface area contributed by atoms with Crippen molar-refractivity contribution in [1.29, 1.82) is 0 Å². The minimum Gasteiger partial charge on any atom is -0.507 e. The van der Waals surface area contributed by atoms with Crippen molar-refractivity contribution in [3.63, 3.8) is 0 Å². The van der Waals surface area contributed by atoms with Crippen molar-refractivity contribution in [2.45, 2.75) is 13.0 Å². The summed E-state index contributed by atoms with van der Waals surface area (Å²) in [6, 6.07) is 11.5. The van der Waals surface area contributed by atoms with Crippen molar-refractivity contribution >= 4 is 33.4 Å². The lowest BCUT2D eigenvalue weighted by Crippen LogP contribution is -2.36. The van der Waals surface area contributed by atoms with Crippen molar-refractivity contribution in [3.8, 4) is 11.5 Å². The predicted octanol–water partition coefficient (Wildman–Crippen LogP) is 4.01. The van der Waals surface area contributed by atoms with Crippen molar-refractivity contribution in [2.24, 2.45) is 0 Å². The predicted molar refractivity (Wildman–Crippen MR) is 89.7 cm³/mol. The van der Waals surface area contributed by atoms with Crippen molar-refractivity contribution in [1.82, 2.24) is 5.32 Å². The first-order valence-electron chi connectivity index (χ1n) is 6.63. The molecule has 0 aliphatic heterocycles. The van der Waals surface area contributed by atoms with E-state index in [9.17, 15) is 9.90 Å². The van der Waals surface area contributed by atoms with E-state index >= 15 is 0 Å². The minimum absolute atomic E-state index is 0.0634. The number of carbonyl (C=O) groups excluding carboxylic acids is 1. The molecule has 0 unspecified atom stereocenters. The Balaban J connectivity index is 1.91. The van der Waals surface area contributed by atoms with Crippen LogP contribution in [0.4, 0.5) is 0 Å². The Morgan fingerprint density at radius 1 is 1.32 bits per heavy atom. The van der Waals surface area contributed by atoms with Gasteiger partial charge in [-0.25, -0.2) is 0 Å². The largest absolute Gasteiger partial charge is 0.507 e. The van der Waals surface area contributed by atoms with Gasteiger partial charge in [-0.3, -0.25) is 4.79 Å². The van der Waals surface area contributed by atoms with Crippen LogP contribution in [0, 0.1) is 0 Å². The second kappa shape index (κ2) is 7.51. The molecule has 2 rings (SSSR count). The fraction of sp³-hybridized carbons (Fsp3) is 0.188. The average molecular weight is 385 g/mol. The van der Waals surface area contributed by atoms with Crippen LogP contribution in [0.1, 0.15) is 17.3 Å². The summed E-state index contributed by atoms with van der Waals surface area (Å²) in [5, 5.41) is 13.1. The first kappa shape index (κ1) is 16.6. The van der Waals surface area contributed by atoms with Gasteiger partial charge in [-0.15, -0.1) is 0 Å². The third-order valence-corrected chi connectivity index (χ3v) is 3.64. The lowest BCUT2D eigenvalue weighted by molar-refractivity contribution is 0.0924. The fourth-order valence-electron chi connectivity index (χ4n) is 1.79. The van der Waals surface area contributed by atoms with Crippen molar-refractivity contribution in [2.75, 3.05) is 6.61 Å². The molecule has 1 amide bonds. The zero-order valence-corrected chi connectivity index (χ0v) is 14.2. The van der Waals surface area contributed by atoms with E-state index < -0.39 is 0 Å². The smallest absolute Gasteiger partial charge is 0.255 e. The number of amides is 1. The Morgan fingerprint density at radius 3 is 2.68 bits per heavy atom. The third kappa shape index (κ3) is 4.64. The minimum atomic E-state index is -0.356. The van der Waals surface area contributed by atoms with Gasteiger partial charge in [-0.1, -0.05) is 27.5 Å². The summed E-state index contributed by atoms with van der Waals surface area (Å²) < 4.78 is 6.29. The number of carbonyl (C=O) groups is 1. The molecule has 0 aromatic heterocycles. The molecular formula is C16H15BrClNO3. The first-order chi connectivity index (χ1) is 10.5. The zero-order valence-electron chi connectivity index (χ0n) is 11.8. The maximum absolute atomic E-state index is 12.1. The normalized spacial score (nSPS) is 11.8. The highest BCUT2D eigenvalue weighted by Gasteiger charge is 2.14. The summed E-state index contributed by atoms with van der Waals surface area (Å²) in [6.45, 7) is 2.13. The lowest BCUT2D eigenvalue weighted by Gasteiger charge is -2.15. The molecule has 22 heavy (non-hydrogen) atoms. The standard InChI is InChI=1S/C16H15BrClNO3/c1-10(9-22-13-5-3-12(18)4-6-13)19-16(21)14-8-11(17)2-7-15(14)20/h2-8,10,20H,9H2,1H3,(H,19,21)/t10-/m0/s1. The summed E-state index contributed by atoms with van der Waals surface area (Å²) >= 11 is 9.07. The van der Waals surface area contributed by atoms with Gasteiger partial charge >= 0.3 is 0 Å². The van der Waals surface area contributed by atoms with Crippen LogP contribution in [0.5, 0.6) is 11.5 Å². The van der Waals surface area contributed by atoms with E-state index in [1.165, 1.54) is 6.07 Å². The molecule has 116 valence electrons. The van der Waals surface area contributed by atoms with E-state index in [0.29, 0.717) is 17.4 Å². The van der Waals surface area contributed by atoms with Gasteiger partial charge in [0.1, 0.15) is 18.1 Å². The second-order valence-corrected chi connectivity index (χ2v) is 6.15. The van der Waals surface area contributed by atoms with Gasteiger partial charge in [-0.05, 0) is 49.4 Å². The maximum Gasteiger partial charge on any atom is 0.255 e. The Kier molecular flexibility index (Phi) is 5.69. The molecule has 1 atom stereocenters. The molecule has 2 N–H and O–H groups in total. The Labute approximate surface area is 142 Å². The molecule has 0 aliphatic rings. The molecule has 6 heteroatoms.